The van der Waals surface area contributed by atoms with Crippen molar-refractivity contribution in [1.29, 1.82) is 0 Å². The van der Waals surface area contributed by atoms with Crippen LogP contribution in [0.4, 0.5) is 0 Å². The Morgan fingerprint density at radius 3 is 2.67 bits per heavy atom. The summed E-state index contributed by atoms with van der Waals surface area (Å²) >= 11 is 3.24. The number of nitrogens with one attached hydrogen (secondary N) is 1. The number of thiophene rings is 1. The summed E-state index contributed by atoms with van der Waals surface area (Å²) in [5, 5.41) is 4.99. The molecule has 1 N–H and O–H groups in total. The van der Waals surface area contributed by atoms with Crippen LogP contribution < -0.4 is 4.72 Å². The fourth-order valence-corrected chi connectivity index (χ4v) is 5.00. The van der Waals surface area contributed by atoms with Gasteiger partial charge in [-0.3, -0.25) is 0 Å². The van der Waals surface area contributed by atoms with Crippen LogP contribution in [-0.2, 0) is 16.4 Å². The molecule has 3 aromatic rings. The Kier molecular flexibility index (Phi) is 5.15. The number of hydrogen-bond donors (Lipinski definition) is 1. The molecule has 0 radical (unpaired) electrons. The molecule has 2 aromatic heterocycles. The van der Waals surface area contributed by atoms with E-state index in [0.29, 0.717) is 17.9 Å². The highest BCUT2D eigenvalue weighted by Crippen LogP contribution is 2.27. The lowest BCUT2D eigenvalue weighted by Gasteiger charge is -2.08. The highest BCUT2D eigenvalue weighted by atomic mass is 32.2. The predicted molar refractivity (Wildman–Crippen MR) is 100 cm³/mol. The molecular formula is C17H18N2O2S3. The van der Waals surface area contributed by atoms with Gasteiger partial charge in [-0.2, -0.15) is 0 Å². The van der Waals surface area contributed by atoms with Crippen LogP contribution in [0, 0.1) is 13.8 Å². The lowest BCUT2D eigenvalue weighted by atomic mass is 10.1. The standard InChI is InChI=1S/C17H18N2O2S3/c1-12-5-6-15(10-13(12)2)24(20,21)18-8-7-14-11-23-17(19-14)16-4-3-9-22-16/h3-6,9-11,18H,7-8H2,1-2H3. The Bertz CT molecular complexity index is 929. The first-order valence-electron chi connectivity index (χ1n) is 7.51. The lowest BCUT2D eigenvalue weighted by molar-refractivity contribution is 0.581. The molecule has 24 heavy (non-hydrogen) atoms. The fraction of sp³-hybridized carbons (Fsp3) is 0.235. The van der Waals surface area contributed by atoms with Crippen molar-refractivity contribution in [2.45, 2.75) is 25.2 Å². The average Bonchev–Trinajstić information content (AvgIpc) is 3.20. The molecule has 126 valence electrons. The van der Waals surface area contributed by atoms with Gasteiger partial charge < -0.3 is 0 Å². The zero-order valence-electron chi connectivity index (χ0n) is 13.4. The third-order valence-corrected chi connectivity index (χ3v) is 7.13. The monoisotopic (exact) mass is 378 g/mol. The third kappa shape index (κ3) is 3.92. The van der Waals surface area contributed by atoms with Gasteiger partial charge in [0.05, 0.1) is 15.5 Å². The summed E-state index contributed by atoms with van der Waals surface area (Å²) in [6, 6.07) is 9.21. The first-order chi connectivity index (χ1) is 11.5. The van der Waals surface area contributed by atoms with Crippen molar-refractivity contribution in [2.75, 3.05) is 6.54 Å². The summed E-state index contributed by atoms with van der Waals surface area (Å²) in [6.07, 6.45) is 0.575. The van der Waals surface area contributed by atoms with Gasteiger partial charge in [0, 0.05) is 18.3 Å². The molecule has 0 aliphatic rings. The van der Waals surface area contributed by atoms with Crippen LogP contribution in [0.15, 0.2) is 46.0 Å². The van der Waals surface area contributed by atoms with E-state index >= 15 is 0 Å². The molecule has 4 nitrogen and oxygen atoms in total. The topological polar surface area (TPSA) is 59.1 Å². The molecule has 1 aromatic carbocycles. The second kappa shape index (κ2) is 7.14. The van der Waals surface area contributed by atoms with E-state index in [2.05, 4.69) is 9.71 Å². The second-order valence-corrected chi connectivity index (χ2v) is 9.09. The molecule has 2 heterocycles. The van der Waals surface area contributed by atoms with E-state index in [9.17, 15) is 8.42 Å². The van der Waals surface area contributed by atoms with Gasteiger partial charge in [-0.15, -0.1) is 22.7 Å². The zero-order valence-corrected chi connectivity index (χ0v) is 15.9. The Morgan fingerprint density at radius 1 is 1.12 bits per heavy atom. The third-order valence-electron chi connectivity index (χ3n) is 3.75. The maximum atomic E-state index is 12.4. The summed E-state index contributed by atoms with van der Waals surface area (Å²) in [6.45, 7) is 4.21. The van der Waals surface area contributed by atoms with E-state index in [-0.39, 0.29) is 0 Å². The van der Waals surface area contributed by atoms with E-state index in [0.717, 1.165) is 26.7 Å². The Morgan fingerprint density at radius 2 is 1.96 bits per heavy atom. The molecular weight excluding hydrogens is 360 g/mol. The number of rotatable bonds is 6. The Labute approximate surface area is 150 Å². The molecule has 0 unspecified atom stereocenters. The quantitative estimate of drug-likeness (QED) is 0.705. The molecule has 0 atom stereocenters. The normalized spacial score (nSPS) is 11.8. The largest absolute Gasteiger partial charge is 0.240 e. The number of nitrogens with zero attached hydrogens (tertiary/aromatic N) is 1. The summed E-state index contributed by atoms with van der Waals surface area (Å²) in [5.74, 6) is 0. The van der Waals surface area contributed by atoms with Gasteiger partial charge >= 0.3 is 0 Å². The Hall–Kier alpha value is -1.54. The average molecular weight is 379 g/mol. The van der Waals surface area contributed by atoms with Crippen molar-refractivity contribution in [3.05, 3.63) is 57.9 Å². The van der Waals surface area contributed by atoms with Crippen molar-refractivity contribution in [3.8, 4) is 9.88 Å². The van der Waals surface area contributed by atoms with E-state index < -0.39 is 10.0 Å². The summed E-state index contributed by atoms with van der Waals surface area (Å²) in [4.78, 5) is 6.01. The van der Waals surface area contributed by atoms with Gasteiger partial charge in [0.15, 0.2) is 0 Å². The van der Waals surface area contributed by atoms with Crippen molar-refractivity contribution in [3.63, 3.8) is 0 Å². The van der Waals surface area contributed by atoms with Crippen LogP contribution >= 0.6 is 22.7 Å². The molecule has 0 fully saturated rings. The summed E-state index contributed by atoms with van der Waals surface area (Å²) < 4.78 is 27.4. The van der Waals surface area contributed by atoms with Gasteiger partial charge in [-0.25, -0.2) is 18.1 Å². The smallest absolute Gasteiger partial charge is 0.240 e. The molecule has 0 aliphatic carbocycles. The maximum Gasteiger partial charge on any atom is 0.240 e. The van der Waals surface area contributed by atoms with Crippen LogP contribution in [0.5, 0.6) is 0 Å². The zero-order chi connectivity index (χ0) is 17.2. The summed E-state index contributed by atoms with van der Waals surface area (Å²) in [7, 11) is -3.48. The number of hydrogen-bond acceptors (Lipinski definition) is 5. The molecule has 0 spiro atoms. The Balaban J connectivity index is 1.62. The maximum absolute atomic E-state index is 12.4. The predicted octanol–water partition coefficient (Wildman–Crippen LogP) is 4.01. The SMILES string of the molecule is Cc1ccc(S(=O)(=O)NCCc2csc(-c3cccs3)n2)cc1C. The van der Waals surface area contributed by atoms with Crippen LogP contribution in [0.1, 0.15) is 16.8 Å². The molecule has 0 bridgehead atoms. The van der Waals surface area contributed by atoms with Gasteiger partial charge in [0.25, 0.3) is 0 Å². The van der Waals surface area contributed by atoms with Crippen LogP contribution in [0.2, 0.25) is 0 Å². The highest BCUT2D eigenvalue weighted by molar-refractivity contribution is 7.89. The van der Waals surface area contributed by atoms with Gasteiger partial charge in [-0.1, -0.05) is 12.1 Å². The van der Waals surface area contributed by atoms with E-state index in [1.54, 1.807) is 34.8 Å². The fourth-order valence-electron chi connectivity index (χ4n) is 2.21. The minimum atomic E-state index is -3.48. The molecule has 0 saturated heterocycles. The molecule has 0 saturated carbocycles. The second-order valence-electron chi connectivity index (χ2n) is 5.52. The number of aryl methyl sites for hydroxylation is 2. The van der Waals surface area contributed by atoms with Crippen molar-refractivity contribution in [2.24, 2.45) is 0 Å². The molecule has 3 rings (SSSR count). The molecule has 0 amide bonds. The summed E-state index contributed by atoms with van der Waals surface area (Å²) in [5.41, 5.74) is 2.96. The van der Waals surface area contributed by atoms with E-state index in [4.69, 9.17) is 0 Å². The number of benzene rings is 1. The first kappa shape index (κ1) is 17.3. The van der Waals surface area contributed by atoms with Crippen molar-refractivity contribution < 1.29 is 8.42 Å². The van der Waals surface area contributed by atoms with E-state index in [1.807, 2.05) is 42.8 Å². The van der Waals surface area contributed by atoms with Crippen LogP contribution in [0.3, 0.4) is 0 Å². The van der Waals surface area contributed by atoms with Gasteiger partial charge in [-0.05, 0) is 48.6 Å². The minimum absolute atomic E-state index is 0.308. The van der Waals surface area contributed by atoms with Crippen LogP contribution in [0.25, 0.3) is 9.88 Å². The van der Waals surface area contributed by atoms with Crippen LogP contribution in [-0.4, -0.2) is 19.9 Å². The minimum Gasteiger partial charge on any atom is -0.240 e. The van der Waals surface area contributed by atoms with Crippen molar-refractivity contribution in [1.82, 2.24) is 9.71 Å². The number of thiazole rings is 1. The van der Waals surface area contributed by atoms with Gasteiger partial charge in [0.2, 0.25) is 10.0 Å². The highest BCUT2D eigenvalue weighted by Gasteiger charge is 2.14. The van der Waals surface area contributed by atoms with Gasteiger partial charge in [0.1, 0.15) is 5.01 Å². The van der Waals surface area contributed by atoms with Crippen molar-refractivity contribution >= 4 is 32.7 Å². The lowest BCUT2D eigenvalue weighted by Crippen LogP contribution is -2.26. The van der Waals surface area contributed by atoms with E-state index in [1.165, 1.54) is 0 Å². The first-order valence-corrected chi connectivity index (χ1v) is 10.8. The number of sulfonamides is 1. The molecule has 0 aliphatic heterocycles. The number of aromatic nitrogens is 1. The molecule has 7 heteroatoms.